The van der Waals surface area contributed by atoms with Gasteiger partial charge in [-0.25, -0.2) is 9.79 Å². The van der Waals surface area contributed by atoms with Crippen LogP contribution in [-0.2, 0) is 9.16 Å². The summed E-state index contributed by atoms with van der Waals surface area (Å²) in [7, 11) is -1.95. The molecular weight excluding hydrogens is 514 g/mol. The molecule has 1 amide bonds. The van der Waals surface area contributed by atoms with E-state index >= 15 is 0 Å². The van der Waals surface area contributed by atoms with Gasteiger partial charge >= 0.3 is 5.97 Å². The number of aliphatic imine (C=N–C) groups is 2. The molecule has 0 fully saturated rings. The average molecular weight is 554 g/mol. The lowest BCUT2D eigenvalue weighted by Crippen LogP contribution is -2.43. The van der Waals surface area contributed by atoms with Crippen LogP contribution in [0.25, 0.3) is 0 Å². The number of nitrogens with one attached hydrogen (secondary N) is 1. The standard InChI is InChI=1S/C29H39N3O6Si/c1-9-35-28(34)21-10-12-23(13-11-21)38-25-15-22(27(33)32-26-17-30-20(3)31-26)14-24(16-25)37-19(2)18-36-39(7,8)29(4,5)6/h10-17,19-20H,9,18H2,1-8H3,(H,31,32,33)/t19-,20?/m0/s1. The first kappa shape index (κ1) is 30.0. The normalized spacial score (nSPS) is 15.9. The highest BCUT2D eigenvalue weighted by Crippen LogP contribution is 2.37. The summed E-state index contributed by atoms with van der Waals surface area (Å²) in [4.78, 5) is 33.4. The fraction of sp³-hybridized carbons (Fsp3) is 0.448. The quantitative estimate of drug-likeness (QED) is 0.285. The van der Waals surface area contributed by atoms with Gasteiger partial charge in [0.05, 0.1) is 25.0 Å². The highest BCUT2D eigenvalue weighted by molar-refractivity contribution is 6.74. The van der Waals surface area contributed by atoms with Crippen LogP contribution in [0.5, 0.6) is 17.2 Å². The summed E-state index contributed by atoms with van der Waals surface area (Å²) < 4.78 is 23.6. The van der Waals surface area contributed by atoms with E-state index in [1.165, 1.54) is 6.21 Å². The topological polar surface area (TPSA) is 108 Å². The Balaban J connectivity index is 1.81. The molecule has 2 aromatic carbocycles. The van der Waals surface area contributed by atoms with Gasteiger partial charge in [0.2, 0.25) is 0 Å². The third kappa shape index (κ3) is 8.49. The molecule has 2 aromatic rings. The average Bonchev–Trinajstić information content (AvgIpc) is 3.27. The maximum Gasteiger partial charge on any atom is 0.338 e. The molecule has 0 bridgehead atoms. The Morgan fingerprint density at radius 1 is 1.03 bits per heavy atom. The molecule has 0 saturated heterocycles. The van der Waals surface area contributed by atoms with E-state index in [2.05, 4.69) is 49.2 Å². The number of esters is 1. The molecule has 0 saturated carbocycles. The van der Waals surface area contributed by atoms with E-state index < -0.39 is 14.3 Å². The van der Waals surface area contributed by atoms with Crippen molar-refractivity contribution in [3.63, 3.8) is 0 Å². The maximum atomic E-state index is 13.1. The summed E-state index contributed by atoms with van der Waals surface area (Å²) in [6.45, 7) is 17.2. The van der Waals surface area contributed by atoms with E-state index in [4.69, 9.17) is 18.6 Å². The first-order valence-corrected chi connectivity index (χ1v) is 16.0. The van der Waals surface area contributed by atoms with E-state index in [1.54, 1.807) is 49.4 Å². The molecule has 1 aliphatic heterocycles. The number of amidine groups is 1. The Hall–Kier alpha value is -3.50. The third-order valence-corrected chi connectivity index (χ3v) is 11.0. The van der Waals surface area contributed by atoms with Crippen molar-refractivity contribution in [2.24, 2.45) is 9.98 Å². The molecule has 0 aromatic heterocycles. The van der Waals surface area contributed by atoms with E-state index in [0.717, 1.165) is 0 Å². The number of nitrogens with zero attached hydrogens (tertiary/aromatic N) is 2. The van der Waals surface area contributed by atoms with E-state index in [-0.39, 0.29) is 23.2 Å². The van der Waals surface area contributed by atoms with E-state index in [0.29, 0.717) is 47.4 Å². The van der Waals surface area contributed by atoms with Crippen molar-refractivity contribution in [1.82, 2.24) is 5.32 Å². The van der Waals surface area contributed by atoms with Crippen LogP contribution in [0.3, 0.4) is 0 Å². The zero-order valence-electron chi connectivity index (χ0n) is 24.0. The zero-order chi connectivity index (χ0) is 28.8. The molecule has 210 valence electrons. The van der Waals surface area contributed by atoms with Crippen LogP contribution in [0.4, 0.5) is 0 Å². The lowest BCUT2D eigenvalue weighted by Gasteiger charge is -2.36. The van der Waals surface area contributed by atoms with Gasteiger partial charge in [-0.15, -0.1) is 0 Å². The lowest BCUT2D eigenvalue weighted by atomic mass is 10.1. The summed E-state index contributed by atoms with van der Waals surface area (Å²) in [5.74, 6) is 0.971. The van der Waals surface area contributed by atoms with Crippen LogP contribution in [0.15, 0.2) is 52.4 Å². The third-order valence-electron chi connectivity index (χ3n) is 6.55. The summed E-state index contributed by atoms with van der Waals surface area (Å²) in [6, 6.07) is 11.6. The zero-order valence-corrected chi connectivity index (χ0v) is 25.0. The summed E-state index contributed by atoms with van der Waals surface area (Å²) >= 11 is 0. The van der Waals surface area contributed by atoms with Gasteiger partial charge in [-0.2, -0.15) is 0 Å². The molecule has 0 spiro atoms. The van der Waals surface area contributed by atoms with Crippen molar-refractivity contribution in [3.8, 4) is 17.2 Å². The second-order valence-corrected chi connectivity index (χ2v) is 15.7. The van der Waals surface area contributed by atoms with Gasteiger partial charge in [0, 0.05) is 11.6 Å². The van der Waals surface area contributed by atoms with Gasteiger partial charge in [0.1, 0.15) is 35.4 Å². The summed E-state index contributed by atoms with van der Waals surface area (Å²) in [5, 5.41) is 2.85. The van der Waals surface area contributed by atoms with Crippen molar-refractivity contribution >= 4 is 32.2 Å². The number of carbonyl (C=O) groups excluding carboxylic acids is 2. The van der Waals surface area contributed by atoms with Crippen LogP contribution in [0.2, 0.25) is 18.1 Å². The monoisotopic (exact) mass is 553 g/mol. The molecule has 39 heavy (non-hydrogen) atoms. The number of benzene rings is 2. The Labute approximate surface area is 231 Å². The van der Waals surface area contributed by atoms with Crippen LogP contribution in [-0.4, -0.2) is 57.7 Å². The Bertz CT molecular complexity index is 1230. The highest BCUT2D eigenvalue weighted by Gasteiger charge is 2.37. The first-order chi connectivity index (χ1) is 18.3. The van der Waals surface area contributed by atoms with Gasteiger partial charge < -0.3 is 24.0 Å². The fourth-order valence-corrected chi connectivity index (χ4v) is 4.43. The predicted octanol–water partition coefficient (Wildman–Crippen LogP) is 6.00. The number of carbonyl (C=O) groups is 2. The fourth-order valence-electron chi connectivity index (χ4n) is 3.35. The smallest absolute Gasteiger partial charge is 0.338 e. The number of hydrogen-bond acceptors (Lipinski definition) is 8. The molecule has 1 heterocycles. The van der Waals surface area contributed by atoms with E-state index in [1.807, 2.05) is 13.8 Å². The first-order valence-electron chi connectivity index (χ1n) is 13.1. The van der Waals surface area contributed by atoms with Crippen LogP contribution < -0.4 is 14.8 Å². The van der Waals surface area contributed by atoms with Crippen LogP contribution in [0.1, 0.15) is 62.3 Å². The minimum absolute atomic E-state index is 0.0817. The van der Waals surface area contributed by atoms with Crippen LogP contribution >= 0.6 is 0 Å². The Morgan fingerprint density at radius 3 is 2.28 bits per heavy atom. The second kappa shape index (κ2) is 12.6. The van der Waals surface area contributed by atoms with Crippen molar-refractivity contribution in [3.05, 3.63) is 53.6 Å². The largest absolute Gasteiger partial charge is 0.488 e. The number of rotatable bonds is 10. The molecule has 9 nitrogen and oxygen atoms in total. The van der Waals surface area contributed by atoms with Gasteiger partial charge in [-0.05, 0) is 75.3 Å². The molecule has 0 radical (unpaired) electrons. The number of amides is 1. The van der Waals surface area contributed by atoms with Crippen molar-refractivity contribution in [2.75, 3.05) is 13.2 Å². The molecule has 2 atom stereocenters. The minimum Gasteiger partial charge on any atom is -0.488 e. The summed E-state index contributed by atoms with van der Waals surface area (Å²) in [5.41, 5.74) is 0.754. The summed E-state index contributed by atoms with van der Waals surface area (Å²) in [6.07, 6.45) is 1.04. The van der Waals surface area contributed by atoms with Crippen molar-refractivity contribution in [2.45, 2.75) is 71.9 Å². The number of ether oxygens (including phenoxy) is 3. The van der Waals surface area contributed by atoms with Gasteiger partial charge in [-0.3, -0.25) is 9.79 Å². The Kier molecular flexibility index (Phi) is 9.68. The van der Waals surface area contributed by atoms with Gasteiger partial charge in [0.25, 0.3) is 5.91 Å². The number of hydrogen-bond donors (Lipinski definition) is 1. The van der Waals surface area contributed by atoms with Crippen LogP contribution in [0, 0.1) is 0 Å². The molecular formula is C29H39N3O6Si. The lowest BCUT2D eigenvalue weighted by molar-refractivity contribution is 0.0526. The van der Waals surface area contributed by atoms with Gasteiger partial charge in [0.15, 0.2) is 8.32 Å². The van der Waals surface area contributed by atoms with E-state index in [9.17, 15) is 9.59 Å². The molecule has 3 rings (SSSR count). The molecule has 1 unspecified atom stereocenters. The van der Waals surface area contributed by atoms with Crippen molar-refractivity contribution in [1.29, 1.82) is 0 Å². The second-order valence-electron chi connectivity index (χ2n) is 10.9. The Morgan fingerprint density at radius 2 is 1.69 bits per heavy atom. The SMILES string of the molecule is CCOC(=O)c1ccc(Oc2cc(O[C@@H](C)CO[Si](C)(C)C(C)(C)C)cc(C(=O)NC3=NC(C)N=C3)c2)cc1. The maximum absolute atomic E-state index is 13.1. The molecule has 0 aliphatic carbocycles. The minimum atomic E-state index is -1.95. The molecule has 1 N–H and O–H groups in total. The van der Waals surface area contributed by atoms with Crippen molar-refractivity contribution < 1.29 is 28.2 Å². The predicted molar refractivity (Wildman–Crippen MR) is 155 cm³/mol. The molecule has 10 heteroatoms. The van der Waals surface area contributed by atoms with Gasteiger partial charge in [-0.1, -0.05) is 20.8 Å². The highest BCUT2D eigenvalue weighted by atomic mass is 28.4. The molecule has 1 aliphatic rings.